The summed E-state index contributed by atoms with van der Waals surface area (Å²) in [6.45, 7) is 3.52. The van der Waals surface area contributed by atoms with Crippen LogP contribution in [-0.4, -0.2) is 53.9 Å². The lowest BCUT2D eigenvalue weighted by molar-refractivity contribution is 0.0169. The Kier molecular flexibility index (Phi) is 5.28. The quantitative estimate of drug-likeness (QED) is 0.700. The lowest BCUT2D eigenvalue weighted by Crippen LogP contribution is -2.43. The molecule has 140 valence electrons. The van der Waals surface area contributed by atoms with E-state index in [2.05, 4.69) is 26.5 Å². The molecule has 1 aromatic carbocycles. The van der Waals surface area contributed by atoms with Gasteiger partial charge in [0, 0.05) is 29.9 Å². The summed E-state index contributed by atoms with van der Waals surface area (Å²) in [6.07, 6.45) is 0. The molecule has 1 aliphatic rings. The molecule has 1 amide bonds. The molecule has 2 N–H and O–H groups in total. The third-order valence-corrected chi connectivity index (χ3v) is 5.70. The zero-order valence-corrected chi connectivity index (χ0v) is 15.5. The van der Waals surface area contributed by atoms with E-state index in [0.717, 1.165) is 13.1 Å². The molecule has 0 bridgehead atoms. The van der Waals surface area contributed by atoms with Gasteiger partial charge in [-0.05, 0) is 17.5 Å². The van der Waals surface area contributed by atoms with Gasteiger partial charge in [-0.25, -0.2) is 5.10 Å². The highest BCUT2D eigenvalue weighted by Crippen LogP contribution is 2.25. The normalized spacial score (nSPS) is 16.3. The number of hydrogen-bond donors (Lipinski definition) is 2. The second-order valence-electron chi connectivity index (χ2n) is 6.34. The zero-order chi connectivity index (χ0) is 18.6. The monoisotopic (exact) mass is 384 g/mol. The van der Waals surface area contributed by atoms with Gasteiger partial charge in [-0.2, -0.15) is 5.10 Å². The van der Waals surface area contributed by atoms with Crippen LogP contribution < -0.4 is 10.9 Å². The van der Waals surface area contributed by atoms with Crippen molar-refractivity contribution in [3.63, 3.8) is 0 Å². The maximum absolute atomic E-state index is 12.8. The van der Waals surface area contributed by atoms with Crippen molar-refractivity contribution in [1.29, 1.82) is 0 Å². The Morgan fingerprint density at radius 3 is 2.74 bits per heavy atom. The van der Waals surface area contributed by atoms with E-state index in [0.29, 0.717) is 30.5 Å². The van der Waals surface area contributed by atoms with E-state index in [1.807, 2.05) is 11.4 Å². The predicted molar refractivity (Wildman–Crippen MR) is 104 cm³/mol. The molecule has 0 radical (unpaired) electrons. The molecule has 1 atom stereocenters. The van der Waals surface area contributed by atoms with Crippen LogP contribution in [0.25, 0.3) is 10.8 Å². The summed E-state index contributed by atoms with van der Waals surface area (Å²) in [5, 5.41) is 12.4. The fourth-order valence-corrected chi connectivity index (χ4v) is 4.20. The minimum absolute atomic E-state index is 0.0897. The maximum Gasteiger partial charge on any atom is 0.272 e. The van der Waals surface area contributed by atoms with E-state index in [-0.39, 0.29) is 23.2 Å². The number of aromatic nitrogens is 2. The molecule has 1 aliphatic heterocycles. The van der Waals surface area contributed by atoms with Gasteiger partial charge in [0.15, 0.2) is 5.69 Å². The molecular weight excluding hydrogens is 364 g/mol. The van der Waals surface area contributed by atoms with Gasteiger partial charge in [-0.1, -0.05) is 24.3 Å². The summed E-state index contributed by atoms with van der Waals surface area (Å²) in [5.41, 5.74) is -0.0657. The highest BCUT2D eigenvalue weighted by atomic mass is 32.1. The van der Waals surface area contributed by atoms with Crippen LogP contribution in [0.2, 0.25) is 0 Å². The summed E-state index contributed by atoms with van der Waals surface area (Å²) in [5.74, 6) is -0.294. The van der Waals surface area contributed by atoms with Gasteiger partial charge in [0.05, 0.1) is 24.6 Å². The van der Waals surface area contributed by atoms with Crippen molar-refractivity contribution in [3.8, 4) is 0 Å². The van der Waals surface area contributed by atoms with Crippen molar-refractivity contribution in [3.05, 3.63) is 62.7 Å². The van der Waals surface area contributed by atoms with Crippen molar-refractivity contribution in [2.24, 2.45) is 0 Å². The van der Waals surface area contributed by atoms with Gasteiger partial charge in [-0.3, -0.25) is 14.5 Å². The molecule has 3 heterocycles. The second-order valence-corrected chi connectivity index (χ2v) is 7.32. The molecule has 0 spiro atoms. The first-order chi connectivity index (χ1) is 13.2. The van der Waals surface area contributed by atoms with Crippen molar-refractivity contribution < 1.29 is 9.53 Å². The van der Waals surface area contributed by atoms with Crippen LogP contribution in [0, 0.1) is 0 Å². The molecule has 27 heavy (non-hydrogen) atoms. The number of morpholine rings is 1. The van der Waals surface area contributed by atoms with Gasteiger partial charge < -0.3 is 10.1 Å². The van der Waals surface area contributed by atoms with Crippen LogP contribution in [0.5, 0.6) is 0 Å². The molecule has 0 saturated carbocycles. The number of amides is 1. The summed E-state index contributed by atoms with van der Waals surface area (Å²) >= 11 is 1.68. The fourth-order valence-electron chi connectivity index (χ4n) is 3.34. The van der Waals surface area contributed by atoms with Crippen molar-refractivity contribution in [2.75, 3.05) is 32.8 Å². The highest BCUT2D eigenvalue weighted by molar-refractivity contribution is 7.10. The lowest BCUT2D eigenvalue weighted by atomic mass is 10.1. The van der Waals surface area contributed by atoms with Gasteiger partial charge in [-0.15, -0.1) is 11.3 Å². The topological polar surface area (TPSA) is 87.3 Å². The predicted octanol–water partition coefficient (Wildman–Crippen LogP) is 1.79. The number of carbonyl (C=O) groups is 1. The lowest BCUT2D eigenvalue weighted by Gasteiger charge is -2.34. The molecule has 0 aliphatic carbocycles. The third kappa shape index (κ3) is 3.78. The fraction of sp³-hybridized carbons (Fsp3) is 0.316. The molecule has 1 fully saturated rings. The minimum atomic E-state index is -0.299. The number of nitrogens with one attached hydrogen (secondary N) is 2. The van der Waals surface area contributed by atoms with Gasteiger partial charge in [0.25, 0.3) is 11.5 Å². The molecule has 7 nitrogen and oxygen atoms in total. The number of H-pyrrole nitrogens is 1. The highest BCUT2D eigenvalue weighted by Gasteiger charge is 2.24. The standard InChI is InChI=1S/C19H20N4O3S/c24-18-14-5-2-1-4-13(14)17(21-22-18)19(25)20-12-15(16-6-3-11-27-16)23-7-9-26-10-8-23/h1-6,11,15H,7-10,12H2,(H,20,25)(H,22,24). The Morgan fingerprint density at radius 1 is 1.22 bits per heavy atom. The van der Waals surface area contributed by atoms with Crippen LogP contribution in [0.3, 0.4) is 0 Å². The first-order valence-electron chi connectivity index (χ1n) is 8.85. The summed E-state index contributed by atoms with van der Waals surface area (Å²) < 4.78 is 5.45. The molecule has 8 heteroatoms. The van der Waals surface area contributed by atoms with Gasteiger partial charge >= 0.3 is 0 Å². The number of benzene rings is 1. The third-order valence-electron chi connectivity index (χ3n) is 4.73. The minimum Gasteiger partial charge on any atom is -0.379 e. The first kappa shape index (κ1) is 17.8. The number of carbonyl (C=O) groups excluding carboxylic acids is 1. The molecule has 2 aromatic heterocycles. The van der Waals surface area contributed by atoms with Crippen molar-refractivity contribution in [1.82, 2.24) is 20.4 Å². The van der Waals surface area contributed by atoms with Crippen LogP contribution in [-0.2, 0) is 4.74 Å². The Labute approximate surface area is 160 Å². The second kappa shape index (κ2) is 7.99. The average molecular weight is 384 g/mol. The van der Waals surface area contributed by atoms with E-state index < -0.39 is 0 Å². The van der Waals surface area contributed by atoms with Crippen LogP contribution >= 0.6 is 11.3 Å². The summed E-state index contributed by atoms with van der Waals surface area (Å²) in [7, 11) is 0. The smallest absolute Gasteiger partial charge is 0.272 e. The largest absolute Gasteiger partial charge is 0.379 e. The Morgan fingerprint density at radius 2 is 2.00 bits per heavy atom. The summed E-state index contributed by atoms with van der Waals surface area (Å²) in [6, 6.07) is 11.2. The maximum atomic E-state index is 12.8. The summed E-state index contributed by atoms with van der Waals surface area (Å²) in [4.78, 5) is 28.2. The van der Waals surface area contributed by atoms with E-state index in [9.17, 15) is 9.59 Å². The average Bonchev–Trinajstić information content (AvgIpc) is 3.24. The molecule has 1 saturated heterocycles. The molecule has 4 rings (SSSR count). The van der Waals surface area contributed by atoms with Crippen LogP contribution in [0.4, 0.5) is 0 Å². The van der Waals surface area contributed by atoms with Crippen LogP contribution in [0.15, 0.2) is 46.6 Å². The first-order valence-corrected chi connectivity index (χ1v) is 9.73. The van der Waals surface area contributed by atoms with Crippen molar-refractivity contribution >= 4 is 28.0 Å². The number of nitrogens with zero attached hydrogens (tertiary/aromatic N) is 2. The van der Waals surface area contributed by atoms with Crippen LogP contribution in [0.1, 0.15) is 21.4 Å². The van der Waals surface area contributed by atoms with E-state index >= 15 is 0 Å². The number of aromatic amines is 1. The molecular formula is C19H20N4O3S. The van der Waals surface area contributed by atoms with E-state index in [4.69, 9.17) is 4.74 Å². The Bertz CT molecular complexity index is 980. The Hall–Kier alpha value is -2.55. The van der Waals surface area contributed by atoms with Crippen molar-refractivity contribution in [2.45, 2.75) is 6.04 Å². The van der Waals surface area contributed by atoms with Gasteiger partial charge in [0.1, 0.15) is 0 Å². The number of fused-ring (bicyclic) bond motifs is 1. The number of thiophene rings is 1. The number of ether oxygens (including phenoxy) is 1. The van der Waals surface area contributed by atoms with E-state index in [1.165, 1.54) is 4.88 Å². The SMILES string of the molecule is O=C(NCC(c1cccs1)N1CCOCC1)c1n[nH]c(=O)c2ccccc12. The zero-order valence-electron chi connectivity index (χ0n) is 14.7. The number of hydrogen-bond acceptors (Lipinski definition) is 6. The number of rotatable bonds is 5. The van der Waals surface area contributed by atoms with E-state index in [1.54, 1.807) is 35.6 Å². The molecule has 3 aromatic rings. The van der Waals surface area contributed by atoms with Gasteiger partial charge in [0.2, 0.25) is 0 Å². The Balaban J connectivity index is 1.55. The molecule has 1 unspecified atom stereocenters.